The maximum absolute atomic E-state index is 13.0. The normalized spacial score (nSPS) is 13.6. The molecule has 2 aromatic carbocycles. The van der Waals surface area contributed by atoms with E-state index in [9.17, 15) is 22.8 Å². The van der Waals surface area contributed by atoms with E-state index in [0.717, 1.165) is 30.5 Å². The Hall–Kier alpha value is -4.28. The number of hydrogen-bond acceptors (Lipinski definition) is 6. The molecule has 0 bridgehead atoms. The first kappa shape index (κ1) is 23.5. The number of carbonyl (C=O) groups is 1. The van der Waals surface area contributed by atoms with Crippen molar-refractivity contribution in [1.29, 1.82) is 0 Å². The first-order chi connectivity index (χ1) is 17.1. The van der Waals surface area contributed by atoms with Crippen LogP contribution < -0.4 is 16.3 Å². The molecule has 11 heteroatoms. The van der Waals surface area contributed by atoms with Crippen molar-refractivity contribution in [2.24, 2.45) is 0 Å². The van der Waals surface area contributed by atoms with Crippen molar-refractivity contribution in [3.05, 3.63) is 81.5 Å². The molecular weight excluding hydrogens is 473 g/mol. The molecule has 2 aromatic heterocycles. The molecule has 0 atom stereocenters. The number of rotatable bonds is 5. The van der Waals surface area contributed by atoms with E-state index >= 15 is 0 Å². The van der Waals surface area contributed by atoms with Gasteiger partial charge in [0.05, 0.1) is 16.6 Å². The zero-order valence-corrected chi connectivity index (χ0v) is 19.3. The van der Waals surface area contributed by atoms with Gasteiger partial charge in [-0.05, 0) is 62.6 Å². The number of aryl methyl sites for hydroxylation is 2. The molecule has 1 amide bonds. The molecular formula is C25H21F3N6O2. The van der Waals surface area contributed by atoms with E-state index in [0.29, 0.717) is 34.4 Å². The maximum atomic E-state index is 13.0. The fourth-order valence-corrected chi connectivity index (χ4v) is 3.85. The Morgan fingerprint density at radius 3 is 2.58 bits per heavy atom. The van der Waals surface area contributed by atoms with Gasteiger partial charge in [0.1, 0.15) is 0 Å². The number of benzene rings is 2. The second-order valence-electron chi connectivity index (χ2n) is 8.70. The molecule has 8 nitrogen and oxygen atoms in total. The second-order valence-corrected chi connectivity index (χ2v) is 8.70. The minimum atomic E-state index is -4.56. The molecule has 0 radical (unpaired) electrons. The fourth-order valence-electron chi connectivity index (χ4n) is 3.85. The van der Waals surface area contributed by atoms with Crippen molar-refractivity contribution in [2.45, 2.75) is 38.9 Å². The van der Waals surface area contributed by atoms with Gasteiger partial charge < -0.3 is 10.6 Å². The number of hydrogen-bond donors (Lipinski definition) is 2. The number of alkyl halides is 3. The van der Waals surface area contributed by atoms with Crippen LogP contribution in [-0.2, 0) is 6.18 Å². The summed E-state index contributed by atoms with van der Waals surface area (Å²) < 4.78 is 40.5. The van der Waals surface area contributed by atoms with Crippen molar-refractivity contribution >= 4 is 28.6 Å². The molecule has 0 spiro atoms. The van der Waals surface area contributed by atoms with E-state index in [1.165, 1.54) is 16.7 Å². The average Bonchev–Trinajstić information content (AvgIpc) is 3.64. The molecule has 2 heterocycles. The van der Waals surface area contributed by atoms with Gasteiger partial charge in [-0.2, -0.15) is 23.1 Å². The lowest BCUT2D eigenvalue weighted by Crippen LogP contribution is -2.25. The number of aromatic nitrogens is 4. The molecule has 184 valence electrons. The summed E-state index contributed by atoms with van der Waals surface area (Å²) in [4.78, 5) is 38.5. The highest BCUT2D eigenvalue weighted by atomic mass is 19.4. The number of nitrogens with one attached hydrogen (secondary N) is 2. The Morgan fingerprint density at radius 1 is 1.08 bits per heavy atom. The average molecular weight is 494 g/mol. The summed E-state index contributed by atoms with van der Waals surface area (Å²) in [5, 5.41) is 6.38. The molecule has 1 aliphatic carbocycles. The van der Waals surface area contributed by atoms with Crippen molar-refractivity contribution in [3.63, 3.8) is 0 Å². The van der Waals surface area contributed by atoms with Crippen LogP contribution in [0.3, 0.4) is 0 Å². The zero-order chi connectivity index (χ0) is 25.6. The lowest BCUT2D eigenvalue weighted by molar-refractivity contribution is -0.137. The van der Waals surface area contributed by atoms with Crippen LogP contribution in [0.15, 0.2) is 53.5 Å². The van der Waals surface area contributed by atoms with Crippen LogP contribution in [0, 0.1) is 13.8 Å². The zero-order valence-electron chi connectivity index (χ0n) is 19.3. The van der Waals surface area contributed by atoms with Crippen molar-refractivity contribution < 1.29 is 18.0 Å². The molecule has 5 rings (SSSR count). The molecule has 1 saturated carbocycles. The van der Waals surface area contributed by atoms with E-state index in [4.69, 9.17) is 0 Å². The van der Waals surface area contributed by atoms with E-state index in [2.05, 4.69) is 25.6 Å². The van der Waals surface area contributed by atoms with Gasteiger partial charge in [-0.25, -0.2) is 9.78 Å². The topological polar surface area (TPSA) is 102 Å². The highest BCUT2D eigenvalue weighted by Gasteiger charge is 2.31. The maximum Gasteiger partial charge on any atom is 0.416 e. The van der Waals surface area contributed by atoms with Gasteiger partial charge in [-0.15, -0.1) is 0 Å². The Balaban J connectivity index is 1.49. The summed E-state index contributed by atoms with van der Waals surface area (Å²) in [6.07, 6.45) is -0.849. The summed E-state index contributed by atoms with van der Waals surface area (Å²) in [5.74, 6) is -0.287. The molecule has 0 aliphatic heterocycles. The lowest BCUT2D eigenvalue weighted by Gasteiger charge is -2.16. The van der Waals surface area contributed by atoms with Crippen LogP contribution >= 0.6 is 0 Å². The first-order valence-corrected chi connectivity index (χ1v) is 11.2. The third-order valence-electron chi connectivity index (χ3n) is 5.96. The minimum absolute atomic E-state index is 0.138. The Bertz CT molecular complexity index is 1560. The molecule has 36 heavy (non-hydrogen) atoms. The van der Waals surface area contributed by atoms with Crippen LogP contribution in [0.1, 0.15) is 40.0 Å². The summed E-state index contributed by atoms with van der Waals surface area (Å²) in [6.45, 7) is 3.54. The van der Waals surface area contributed by atoms with Gasteiger partial charge in [0.2, 0.25) is 5.95 Å². The van der Waals surface area contributed by atoms with Gasteiger partial charge in [0, 0.05) is 29.2 Å². The quantitative estimate of drug-likeness (QED) is 0.419. The standard InChI is InChI=1S/C25H21F3N6O2/c1-13-6-7-18(30-22(35)15-4-3-5-16(10-15)25(26,27)28)11-20(13)34-14(2)19-12-29-23(31-17-8-9-17)32-21(19)33-24(34)36/h3-7,10-12,17H,8-9H2,1-2H3,(H,30,35)(H,31,32,33,36). The largest absolute Gasteiger partial charge is 0.416 e. The third kappa shape index (κ3) is 4.64. The first-order valence-electron chi connectivity index (χ1n) is 11.2. The Labute approximate surface area is 203 Å². The smallest absolute Gasteiger partial charge is 0.351 e. The second kappa shape index (κ2) is 8.74. The molecule has 2 N–H and O–H groups in total. The number of fused-ring (bicyclic) bond motifs is 1. The van der Waals surface area contributed by atoms with E-state index in [1.54, 1.807) is 38.2 Å². The summed E-state index contributed by atoms with van der Waals surface area (Å²) >= 11 is 0. The minimum Gasteiger partial charge on any atom is -0.351 e. The summed E-state index contributed by atoms with van der Waals surface area (Å²) in [6, 6.07) is 9.40. The van der Waals surface area contributed by atoms with Crippen molar-refractivity contribution in [2.75, 3.05) is 10.6 Å². The SMILES string of the molecule is Cc1ccc(NC(=O)c2cccc(C(F)(F)F)c2)cc1-n1c(C)c2cnc(NC3CC3)nc2nc1=O. The monoisotopic (exact) mass is 494 g/mol. The Kier molecular flexibility index (Phi) is 5.70. The van der Waals surface area contributed by atoms with Gasteiger partial charge in [-0.3, -0.25) is 9.36 Å². The summed E-state index contributed by atoms with van der Waals surface area (Å²) in [7, 11) is 0. The molecule has 4 aromatic rings. The van der Waals surface area contributed by atoms with E-state index in [-0.39, 0.29) is 11.2 Å². The number of amides is 1. The number of nitrogens with zero attached hydrogens (tertiary/aromatic N) is 4. The highest BCUT2D eigenvalue weighted by Crippen LogP contribution is 2.30. The predicted octanol–water partition coefficient (Wildman–Crippen LogP) is 4.64. The molecule has 1 aliphatic rings. The number of carbonyl (C=O) groups excluding carboxylic acids is 1. The van der Waals surface area contributed by atoms with Gasteiger partial charge in [0.15, 0.2) is 5.65 Å². The van der Waals surface area contributed by atoms with Gasteiger partial charge in [-0.1, -0.05) is 12.1 Å². The van der Waals surface area contributed by atoms with Crippen molar-refractivity contribution in [1.82, 2.24) is 19.5 Å². The van der Waals surface area contributed by atoms with Crippen molar-refractivity contribution in [3.8, 4) is 5.69 Å². The molecule has 0 unspecified atom stereocenters. The van der Waals surface area contributed by atoms with Gasteiger partial charge >= 0.3 is 11.9 Å². The predicted molar refractivity (Wildman–Crippen MR) is 128 cm³/mol. The van der Waals surface area contributed by atoms with Crippen LogP contribution in [0.25, 0.3) is 16.7 Å². The Morgan fingerprint density at radius 2 is 1.86 bits per heavy atom. The highest BCUT2D eigenvalue weighted by molar-refractivity contribution is 6.04. The third-order valence-corrected chi connectivity index (χ3v) is 5.96. The number of halogens is 3. The van der Waals surface area contributed by atoms with E-state index in [1.807, 2.05) is 0 Å². The number of anilines is 2. The lowest BCUT2D eigenvalue weighted by atomic mass is 10.1. The van der Waals surface area contributed by atoms with Crippen LogP contribution in [0.2, 0.25) is 0 Å². The molecule has 1 fully saturated rings. The van der Waals surface area contributed by atoms with E-state index < -0.39 is 23.3 Å². The van der Waals surface area contributed by atoms with Gasteiger partial charge in [0.25, 0.3) is 5.91 Å². The molecule has 0 saturated heterocycles. The fraction of sp³-hybridized carbons (Fsp3) is 0.240. The van der Waals surface area contributed by atoms with Crippen LogP contribution in [0.5, 0.6) is 0 Å². The van der Waals surface area contributed by atoms with Crippen LogP contribution in [-0.4, -0.2) is 31.5 Å². The summed E-state index contributed by atoms with van der Waals surface area (Å²) in [5.41, 5.74) is 0.735. The van der Waals surface area contributed by atoms with Crippen LogP contribution in [0.4, 0.5) is 24.8 Å².